The van der Waals surface area contributed by atoms with Crippen molar-refractivity contribution in [1.82, 2.24) is 9.80 Å². The van der Waals surface area contributed by atoms with Crippen LogP contribution >= 0.6 is 0 Å². The number of amides is 2. The molecular weight excluding hydrogens is 277 g/mol. The Morgan fingerprint density at radius 3 is 2.25 bits per heavy atom. The van der Waals surface area contributed by atoms with Crippen LogP contribution in [0.1, 0.15) is 32.1 Å². The lowest BCUT2D eigenvalue weighted by Crippen LogP contribution is -2.48. The second-order valence-corrected chi connectivity index (χ2v) is 5.03. The quantitative estimate of drug-likeness (QED) is 0.847. The molecule has 0 bridgehead atoms. The lowest BCUT2D eigenvalue weighted by atomic mass is 10.2. The molecule has 2 amide bonds. The third-order valence-electron chi connectivity index (χ3n) is 3.37. The number of hydrogen-bond acceptors (Lipinski definition) is 2. The molecule has 0 atom stereocenters. The van der Waals surface area contributed by atoms with Crippen molar-refractivity contribution in [2.45, 2.75) is 44.3 Å². The molecule has 0 aromatic heterocycles. The fraction of sp³-hybridized carbons (Fsp3) is 0.833. The SMILES string of the molecule is CN(CCC(F)(F)F)C(=O)N(CC(=O)O)C1CCCC1. The molecule has 1 saturated carbocycles. The van der Waals surface area contributed by atoms with E-state index >= 15 is 0 Å². The van der Waals surface area contributed by atoms with Gasteiger partial charge in [-0.25, -0.2) is 4.79 Å². The van der Waals surface area contributed by atoms with E-state index in [1.165, 1.54) is 11.9 Å². The van der Waals surface area contributed by atoms with E-state index in [0.29, 0.717) is 12.8 Å². The highest BCUT2D eigenvalue weighted by atomic mass is 19.4. The maximum Gasteiger partial charge on any atom is 0.390 e. The van der Waals surface area contributed by atoms with Gasteiger partial charge in [0.05, 0.1) is 6.42 Å². The monoisotopic (exact) mass is 296 g/mol. The summed E-state index contributed by atoms with van der Waals surface area (Å²) in [6, 6.07) is -0.838. The predicted octanol–water partition coefficient (Wildman–Crippen LogP) is 2.32. The number of nitrogens with zero attached hydrogens (tertiary/aromatic N) is 2. The minimum atomic E-state index is -4.33. The van der Waals surface area contributed by atoms with Crippen LogP contribution in [0.4, 0.5) is 18.0 Å². The molecule has 116 valence electrons. The summed E-state index contributed by atoms with van der Waals surface area (Å²) in [6.45, 7) is -0.939. The molecule has 0 spiro atoms. The van der Waals surface area contributed by atoms with Gasteiger partial charge in [-0.2, -0.15) is 13.2 Å². The van der Waals surface area contributed by atoms with Gasteiger partial charge in [0.1, 0.15) is 6.54 Å². The second-order valence-electron chi connectivity index (χ2n) is 5.03. The van der Waals surface area contributed by atoms with E-state index in [1.807, 2.05) is 0 Å². The first-order valence-corrected chi connectivity index (χ1v) is 6.51. The number of rotatable bonds is 5. The molecule has 1 fully saturated rings. The normalized spacial score (nSPS) is 16.2. The zero-order valence-corrected chi connectivity index (χ0v) is 11.3. The van der Waals surface area contributed by atoms with Crippen LogP contribution in [0.15, 0.2) is 0 Å². The first kappa shape index (κ1) is 16.6. The Morgan fingerprint density at radius 1 is 1.25 bits per heavy atom. The molecule has 0 saturated heterocycles. The van der Waals surface area contributed by atoms with Crippen LogP contribution in [0.5, 0.6) is 0 Å². The van der Waals surface area contributed by atoms with Crippen molar-refractivity contribution in [3.8, 4) is 0 Å². The first-order chi connectivity index (χ1) is 9.20. The fourth-order valence-electron chi connectivity index (χ4n) is 2.32. The Balaban J connectivity index is 2.64. The molecule has 20 heavy (non-hydrogen) atoms. The first-order valence-electron chi connectivity index (χ1n) is 6.51. The number of carbonyl (C=O) groups excluding carboxylic acids is 1. The Morgan fingerprint density at radius 2 is 1.80 bits per heavy atom. The fourth-order valence-corrected chi connectivity index (χ4v) is 2.32. The van der Waals surface area contributed by atoms with E-state index in [4.69, 9.17) is 5.11 Å². The van der Waals surface area contributed by atoms with Crippen molar-refractivity contribution >= 4 is 12.0 Å². The van der Waals surface area contributed by atoms with Gasteiger partial charge in [0, 0.05) is 19.6 Å². The van der Waals surface area contributed by atoms with Crippen molar-refractivity contribution < 1.29 is 27.9 Å². The van der Waals surface area contributed by atoms with Crippen molar-refractivity contribution in [2.75, 3.05) is 20.1 Å². The molecule has 1 N–H and O–H groups in total. The van der Waals surface area contributed by atoms with Crippen LogP contribution in [0.3, 0.4) is 0 Å². The van der Waals surface area contributed by atoms with Crippen molar-refractivity contribution in [3.63, 3.8) is 0 Å². The maximum absolute atomic E-state index is 12.1. The zero-order chi connectivity index (χ0) is 15.3. The molecule has 8 heteroatoms. The minimum Gasteiger partial charge on any atom is -0.480 e. The number of urea groups is 1. The van der Waals surface area contributed by atoms with Gasteiger partial charge >= 0.3 is 18.2 Å². The average molecular weight is 296 g/mol. The van der Waals surface area contributed by atoms with E-state index in [2.05, 4.69) is 0 Å². The molecule has 1 rings (SSSR count). The van der Waals surface area contributed by atoms with Crippen LogP contribution in [-0.2, 0) is 4.79 Å². The van der Waals surface area contributed by atoms with E-state index in [9.17, 15) is 22.8 Å². The van der Waals surface area contributed by atoms with E-state index < -0.39 is 37.7 Å². The highest BCUT2D eigenvalue weighted by Gasteiger charge is 2.32. The second kappa shape index (κ2) is 6.81. The Hall–Kier alpha value is -1.47. The molecule has 0 radical (unpaired) electrons. The molecular formula is C12H19F3N2O3. The zero-order valence-electron chi connectivity index (χ0n) is 11.3. The van der Waals surface area contributed by atoms with Gasteiger partial charge in [-0.1, -0.05) is 12.8 Å². The Labute approximate surface area is 115 Å². The van der Waals surface area contributed by atoms with Crippen molar-refractivity contribution in [2.24, 2.45) is 0 Å². The molecule has 1 aliphatic carbocycles. The van der Waals surface area contributed by atoms with Gasteiger partial charge in [-0.3, -0.25) is 4.79 Å². The number of carboxylic acid groups (broad SMARTS) is 1. The molecule has 0 unspecified atom stereocenters. The predicted molar refractivity (Wildman–Crippen MR) is 65.3 cm³/mol. The molecule has 0 aromatic rings. The molecule has 0 heterocycles. The van der Waals surface area contributed by atoms with E-state index in [-0.39, 0.29) is 6.04 Å². The van der Waals surface area contributed by atoms with Gasteiger partial charge < -0.3 is 14.9 Å². The molecule has 1 aliphatic rings. The summed E-state index contributed by atoms with van der Waals surface area (Å²) in [7, 11) is 1.26. The Bertz CT molecular complexity index is 354. The van der Waals surface area contributed by atoms with Crippen molar-refractivity contribution in [1.29, 1.82) is 0 Å². The third kappa shape index (κ3) is 5.26. The number of hydrogen-bond donors (Lipinski definition) is 1. The summed E-state index contributed by atoms with van der Waals surface area (Å²) in [4.78, 5) is 25.0. The number of carbonyl (C=O) groups is 2. The maximum atomic E-state index is 12.1. The van der Waals surface area contributed by atoms with E-state index in [1.54, 1.807) is 0 Å². The number of aliphatic carboxylic acids is 1. The van der Waals surface area contributed by atoms with Crippen LogP contribution in [0.2, 0.25) is 0 Å². The highest BCUT2D eigenvalue weighted by molar-refractivity contribution is 5.80. The summed E-state index contributed by atoms with van der Waals surface area (Å²) >= 11 is 0. The number of carboxylic acids is 1. The van der Waals surface area contributed by atoms with Gasteiger partial charge in [-0.05, 0) is 12.8 Å². The smallest absolute Gasteiger partial charge is 0.390 e. The lowest BCUT2D eigenvalue weighted by molar-refractivity contribution is -0.139. The van der Waals surface area contributed by atoms with Gasteiger partial charge in [-0.15, -0.1) is 0 Å². The summed E-state index contributed by atoms with van der Waals surface area (Å²) in [5.41, 5.74) is 0. The molecule has 0 aromatic carbocycles. The third-order valence-corrected chi connectivity index (χ3v) is 3.37. The summed E-state index contributed by atoms with van der Waals surface area (Å²) < 4.78 is 36.4. The van der Waals surface area contributed by atoms with Crippen LogP contribution in [0.25, 0.3) is 0 Å². The van der Waals surface area contributed by atoms with Gasteiger partial charge in [0.15, 0.2) is 0 Å². The van der Waals surface area contributed by atoms with Crippen LogP contribution in [0, 0.1) is 0 Å². The van der Waals surface area contributed by atoms with Gasteiger partial charge in [0.25, 0.3) is 0 Å². The number of alkyl halides is 3. The van der Waals surface area contributed by atoms with Gasteiger partial charge in [0.2, 0.25) is 0 Å². The summed E-state index contributed by atoms with van der Waals surface area (Å²) in [5.74, 6) is -1.16. The lowest BCUT2D eigenvalue weighted by Gasteiger charge is -2.31. The molecule has 5 nitrogen and oxygen atoms in total. The van der Waals surface area contributed by atoms with Crippen molar-refractivity contribution in [3.05, 3.63) is 0 Å². The van der Waals surface area contributed by atoms with Crippen LogP contribution in [-0.4, -0.2) is 59.3 Å². The van der Waals surface area contributed by atoms with E-state index in [0.717, 1.165) is 17.7 Å². The topological polar surface area (TPSA) is 60.9 Å². The summed E-state index contributed by atoms with van der Waals surface area (Å²) in [5, 5.41) is 8.84. The average Bonchev–Trinajstić information content (AvgIpc) is 2.84. The summed E-state index contributed by atoms with van der Waals surface area (Å²) in [6.07, 6.45) is -2.22. The largest absolute Gasteiger partial charge is 0.480 e. The minimum absolute atomic E-state index is 0.188. The number of halogens is 3. The van der Waals surface area contributed by atoms with Crippen LogP contribution < -0.4 is 0 Å². The highest BCUT2D eigenvalue weighted by Crippen LogP contribution is 2.25. The Kier molecular flexibility index (Phi) is 5.64. The standard InChI is InChI=1S/C12H19F3N2O3/c1-16(7-6-12(13,14)15)11(20)17(8-10(18)19)9-4-2-3-5-9/h9H,2-8H2,1H3,(H,18,19). The molecule has 0 aliphatic heterocycles.